The van der Waals surface area contributed by atoms with Gasteiger partial charge in [0, 0.05) is 31.1 Å². The summed E-state index contributed by atoms with van der Waals surface area (Å²) >= 11 is 0. The second-order valence-electron chi connectivity index (χ2n) is 7.45. The van der Waals surface area contributed by atoms with Crippen molar-refractivity contribution >= 4 is 22.8 Å². The number of nitrogens with one attached hydrogen (secondary N) is 1. The molecule has 0 radical (unpaired) electrons. The van der Waals surface area contributed by atoms with Gasteiger partial charge in [-0.25, -0.2) is 14.4 Å². The summed E-state index contributed by atoms with van der Waals surface area (Å²) < 4.78 is 14.1. The van der Waals surface area contributed by atoms with Crippen LogP contribution in [0.4, 0.5) is 4.39 Å². The van der Waals surface area contributed by atoms with Crippen molar-refractivity contribution in [1.29, 1.82) is 0 Å². The predicted molar refractivity (Wildman–Crippen MR) is 101 cm³/mol. The van der Waals surface area contributed by atoms with Gasteiger partial charge in [0.1, 0.15) is 11.3 Å². The van der Waals surface area contributed by atoms with Gasteiger partial charge in [0.15, 0.2) is 0 Å². The molecule has 1 saturated heterocycles. The highest BCUT2D eigenvalue weighted by molar-refractivity contribution is 6.04. The van der Waals surface area contributed by atoms with Crippen molar-refractivity contribution in [3.05, 3.63) is 34.9 Å². The second-order valence-corrected chi connectivity index (χ2v) is 7.45. The van der Waals surface area contributed by atoms with E-state index in [1.54, 1.807) is 11.8 Å². The Morgan fingerprint density at radius 1 is 1.15 bits per heavy atom. The summed E-state index contributed by atoms with van der Waals surface area (Å²) in [4.78, 5) is 35.7. The number of benzene rings is 1. The molecule has 0 atom stereocenters. The van der Waals surface area contributed by atoms with Gasteiger partial charge in [0.2, 0.25) is 5.91 Å². The van der Waals surface area contributed by atoms with E-state index >= 15 is 0 Å². The Kier molecular flexibility index (Phi) is 5.39. The summed E-state index contributed by atoms with van der Waals surface area (Å²) in [6.07, 6.45) is 1.20. The van der Waals surface area contributed by atoms with Crippen molar-refractivity contribution in [2.24, 2.45) is 5.92 Å². The smallest absolute Gasteiger partial charge is 0.256 e. The van der Waals surface area contributed by atoms with Gasteiger partial charge in [-0.1, -0.05) is 0 Å². The van der Waals surface area contributed by atoms with E-state index in [9.17, 15) is 14.0 Å². The van der Waals surface area contributed by atoms with E-state index in [1.807, 2.05) is 20.8 Å². The Morgan fingerprint density at radius 3 is 2.41 bits per heavy atom. The minimum absolute atomic E-state index is 0.0327. The van der Waals surface area contributed by atoms with Crippen LogP contribution in [0.2, 0.25) is 0 Å². The van der Waals surface area contributed by atoms with Gasteiger partial charge in [0.25, 0.3) is 5.91 Å². The number of amides is 2. The largest absolute Gasteiger partial charge is 0.354 e. The van der Waals surface area contributed by atoms with E-state index < -0.39 is 5.82 Å². The van der Waals surface area contributed by atoms with Crippen molar-refractivity contribution in [3.63, 3.8) is 0 Å². The second kappa shape index (κ2) is 7.58. The number of carbonyl (C=O) groups excluding carboxylic acids is 2. The molecule has 1 aromatic carbocycles. The maximum Gasteiger partial charge on any atom is 0.256 e. The molecule has 0 unspecified atom stereocenters. The molecule has 0 bridgehead atoms. The van der Waals surface area contributed by atoms with Crippen LogP contribution in [-0.2, 0) is 4.79 Å². The first-order valence-electron chi connectivity index (χ1n) is 9.30. The molecule has 7 heteroatoms. The highest BCUT2D eigenvalue weighted by Gasteiger charge is 2.29. The van der Waals surface area contributed by atoms with Gasteiger partial charge >= 0.3 is 0 Å². The first-order chi connectivity index (χ1) is 12.8. The summed E-state index contributed by atoms with van der Waals surface area (Å²) in [5.41, 5.74) is 2.46. The van der Waals surface area contributed by atoms with Gasteiger partial charge in [-0.2, -0.15) is 0 Å². The van der Waals surface area contributed by atoms with E-state index in [0.29, 0.717) is 48.4 Å². The molecule has 2 heterocycles. The van der Waals surface area contributed by atoms with Crippen LogP contribution >= 0.6 is 0 Å². The van der Waals surface area contributed by atoms with Crippen LogP contribution in [0, 0.1) is 25.6 Å². The van der Waals surface area contributed by atoms with Crippen LogP contribution in [0.5, 0.6) is 0 Å². The Balaban J connectivity index is 1.81. The minimum Gasteiger partial charge on any atom is -0.354 e. The van der Waals surface area contributed by atoms with Crippen LogP contribution in [0.25, 0.3) is 11.0 Å². The first kappa shape index (κ1) is 19.2. The molecule has 27 heavy (non-hydrogen) atoms. The molecule has 0 aliphatic carbocycles. The van der Waals surface area contributed by atoms with Crippen LogP contribution in [0.1, 0.15) is 48.4 Å². The fourth-order valence-electron chi connectivity index (χ4n) is 3.38. The van der Waals surface area contributed by atoms with Crippen LogP contribution in [0.15, 0.2) is 12.1 Å². The van der Waals surface area contributed by atoms with Crippen molar-refractivity contribution in [2.75, 3.05) is 13.1 Å². The number of likely N-dealkylation sites (tertiary alicyclic amines) is 1. The number of nitrogens with zero attached hydrogens (tertiary/aromatic N) is 3. The number of halogens is 1. The number of hydrogen-bond acceptors (Lipinski definition) is 4. The first-order valence-corrected chi connectivity index (χ1v) is 9.30. The molecule has 1 aliphatic rings. The zero-order valence-corrected chi connectivity index (χ0v) is 16.2. The summed E-state index contributed by atoms with van der Waals surface area (Å²) in [6, 6.07) is 2.63. The number of rotatable bonds is 3. The number of aryl methyl sites for hydroxylation is 2. The maximum absolute atomic E-state index is 14.1. The maximum atomic E-state index is 14.1. The average Bonchev–Trinajstić information content (AvgIpc) is 2.61. The zero-order chi connectivity index (χ0) is 19.7. The molecule has 3 rings (SSSR count). The summed E-state index contributed by atoms with van der Waals surface area (Å²) in [5.74, 6) is -0.829. The van der Waals surface area contributed by atoms with E-state index in [4.69, 9.17) is 0 Å². The molecule has 1 aliphatic heterocycles. The average molecular weight is 372 g/mol. The summed E-state index contributed by atoms with van der Waals surface area (Å²) in [5, 5.41) is 2.92. The highest BCUT2D eigenvalue weighted by Crippen LogP contribution is 2.24. The molecular formula is C20H25FN4O2. The third-order valence-corrected chi connectivity index (χ3v) is 4.96. The molecule has 1 aromatic heterocycles. The molecule has 1 fully saturated rings. The standard InChI is InChI=1S/C20H25FN4O2/c1-11(2)22-19(26)14-5-7-25(8-6-14)20(27)16-9-15(21)10-17-18(16)24-13(4)12(3)23-17/h9-11,14H,5-8H2,1-4H3,(H,22,26). The van der Waals surface area contributed by atoms with E-state index in [2.05, 4.69) is 15.3 Å². The van der Waals surface area contributed by atoms with Gasteiger partial charge in [-0.3, -0.25) is 9.59 Å². The van der Waals surface area contributed by atoms with Crippen molar-refractivity contribution in [1.82, 2.24) is 20.2 Å². The topological polar surface area (TPSA) is 75.2 Å². The molecule has 6 nitrogen and oxygen atoms in total. The molecule has 144 valence electrons. The third kappa shape index (κ3) is 4.07. The molecule has 1 N–H and O–H groups in total. The van der Waals surface area contributed by atoms with Gasteiger partial charge in [-0.15, -0.1) is 0 Å². The lowest BCUT2D eigenvalue weighted by molar-refractivity contribution is -0.126. The lowest BCUT2D eigenvalue weighted by Gasteiger charge is -2.32. The highest BCUT2D eigenvalue weighted by atomic mass is 19.1. The molecule has 2 aromatic rings. The molecule has 2 amide bonds. The Morgan fingerprint density at radius 2 is 1.78 bits per heavy atom. The third-order valence-electron chi connectivity index (χ3n) is 4.96. The Bertz CT molecular complexity index is 889. The zero-order valence-electron chi connectivity index (χ0n) is 16.2. The number of hydrogen-bond donors (Lipinski definition) is 1. The van der Waals surface area contributed by atoms with E-state index in [1.165, 1.54) is 12.1 Å². The van der Waals surface area contributed by atoms with E-state index in [0.717, 1.165) is 0 Å². The van der Waals surface area contributed by atoms with Crippen molar-refractivity contribution < 1.29 is 14.0 Å². The van der Waals surface area contributed by atoms with Crippen molar-refractivity contribution in [3.8, 4) is 0 Å². The fraction of sp³-hybridized carbons (Fsp3) is 0.500. The monoisotopic (exact) mass is 372 g/mol. The lowest BCUT2D eigenvalue weighted by atomic mass is 9.95. The van der Waals surface area contributed by atoms with Crippen LogP contribution < -0.4 is 5.32 Å². The number of fused-ring (bicyclic) bond motifs is 1. The quantitative estimate of drug-likeness (QED) is 0.899. The predicted octanol–water partition coefficient (Wildman–Crippen LogP) is 2.76. The number of aromatic nitrogens is 2. The Labute approximate surface area is 158 Å². The van der Waals surface area contributed by atoms with Gasteiger partial charge in [-0.05, 0) is 46.6 Å². The van der Waals surface area contributed by atoms with Crippen molar-refractivity contribution in [2.45, 2.75) is 46.6 Å². The van der Waals surface area contributed by atoms with Gasteiger partial charge < -0.3 is 10.2 Å². The SMILES string of the molecule is Cc1nc2cc(F)cc(C(=O)N3CCC(C(=O)NC(C)C)CC3)c2nc1C. The molecule has 0 spiro atoms. The normalized spacial score (nSPS) is 15.4. The summed E-state index contributed by atoms with van der Waals surface area (Å²) in [7, 11) is 0. The fourth-order valence-corrected chi connectivity index (χ4v) is 3.38. The Hall–Kier alpha value is -2.57. The molecule has 0 saturated carbocycles. The van der Waals surface area contributed by atoms with Crippen LogP contribution in [-0.4, -0.2) is 45.8 Å². The number of carbonyl (C=O) groups is 2. The van der Waals surface area contributed by atoms with Gasteiger partial charge in [0.05, 0.1) is 22.5 Å². The molecular weight excluding hydrogens is 347 g/mol. The van der Waals surface area contributed by atoms with E-state index in [-0.39, 0.29) is 29.3 Å². The minimum atomic E-state index is -0.505. The lowest BCUT2D eigenvalue weighted by Crippen LogP contribution is -2.44. The number of piperidine rings is 1. The summed E-state index contributed by atoms with van der Waals surface area (Å²) in [6.45, 7) is 8.41. The van der Waals surface area contributed by atoms with Crippen LogP contribution in [0.3, 0.4) is 0 Å².